The summed E-state index contributed by atoms with van der Waals surface area (Å²) in [4.78, 5) is 6.56. The van der Waals surface area contributed by atoms with Crippen molar-refractivity contribution in [2.75, 3.05) is 19.6 Å². The van der Waals surface area contributed by atoms with Crippen molar-refractivity contribution in [3.05, 3.63) is 18.2 Å². The van der Waals surface area contributed by atoms with Gasteiger partial charge in [-0.3, -0.25) is 0 Å². The van der Waals surface area contributed by atoms with Gasteiger partial charge in [-0.25, -0.2) is 4.98 Å². The van der Waals surface area contributed by atoms with E-state index in [-0.39, 0.29) is 0 Å². The molecule has 2 bridgehead atoms. The highest BCUT2D eigenvalue weighted by atomic mass is 15.1. The lowest BCUT2D eigenvalue weighted by molar-refractivity contribution is 0.111. The molecule has 0 amide bonds. The third-order valence-electron chi connectivity index (χ3n) is 3.62. The van der Waals surface area contributed by atoms with Gasteiger partial charge >= 0.3 is 0 Å². The van der Waals surface area contributed by atoms with Crippen molar-refractivity contribution < 1.29 is 0 Å². The van der Waals surface area contributed by atoms with Gasteiger partial charge in [0.05, 0.1) is 0 Å². The number of hydrogen-bond acceptors (Lipinski definition) is 2. The summed E-state index contributed by atoms with van der Waals surface area (Å²) in [5.41, 5.74) is 0. The third-order valence-corrected chi connectivity index (χ3v) is 3.62. The van der Waals surface area contributed by atoms with Crippen LogP contribution in [0.3, 0.4) is 0 Å². The van der Waals surface area contributed by atoms with Crippen molar-refractivity contribution in [3.8, 4) is 0 Å². The van der Waals surface area contributed by atoms with Gasteiger partial charge in [-0.05, 0) is 51.7 Å². The maximum Gasteiger partial charge on any atom is 0.105 e. The van der Waals surface area contributed by atoms with Crippen LogP contribution < -0.4 is 0 Å². The highest BCUT2D eigenvalue weighted by molar-refractivity contribution is 4.85. The fraction of sp³-hybridized carbons (Fsp3) is 0.750. The Morgan fingerprint density at radius 2 is 1.80 bits per heavy atom. The molecule has 84 valence electrons. The first-order chi connectivity index (χ1) is 7.25. The first-order valence-electron chi connectivity index (χ1n) is 5.92. The van der Waals surface area contributed by atoms with Gasteiger partial charge in [-0.15, -0.1) is 0 Å². The maximum atomic E-state index is 3.98. The summed E-state index contributed by atoms with van der Waals surface area (Å²) >= 11 is 0. The Kier molecular flexibility index (Phi) is 3.41. The third kappa shape index (κ3) is 2.81. The van der Waals surface area contributed by atoms with E-state index in [2.05, 4.69) is 9.88 Å². The molecule has 0 spiro atoms. The smallest absolute Gasteiger partial charge is 0.105 e. The highest BCUT2D eigenvalue weighted by Crippen LogP contribution is 2.26. The van der Waals surface area contributed by atoms with Crippen molar-refractivity contribution in [2.45, 2.75) is 26.2 Å². The van der Waals surface area contributed by atoms with Gasteiger partial charge in [0.2, 0.25) is 0 Å². The van der Waals surface area contributed by atoms with E-state index < -0.39 is 0 Å². The molecule has 3 aliphatic heterocycles. The van der Waals surface area contributed by atoms with E-state index in [1.165, 1.54) is 38.9 Å². The van der Waals surface area contributed by atoms with Gasteiger partial charge in [-0.1, -0.05) is 0 Å². The van der Waals surface area contributed by atoms with Crippen LogP contribution in [0.2, 0.25) is 0 Å². The summed E-state index contributed by atoms with van der Waals surface area (Å²) in [5.74, 6) is 2.17. The predicted octanol–water partition coefficient (Wildman–Crippen LogP) is 1.83. The zero-order valence-corrected chi connectivity index (χ0v) is 9.82. The maximum absolute atomic E-state index is 3.98. The second-order valence-corrected chi connectivity index (χ2v) is 4.66. The lowest BCUT2D eigenvalue weighted by Gasteiger charge is -2.38. The molecular formula is C12H21N3. The molecule has 0 N–H and O–H groups in total. The second-order valence-electron chi connectivity index (χ2n) is 4.66. The topological polar surface area (TPSA) is 21.1 Å². The minimum absolute atomic E-state index is 1.06. The summed E-state index contributed by atoms with van der Waals surface area (Å²) in [6, 6.07) is 0. The van der Waals surface area contributed by atoms with Gasteiger partial charge < -0.3 is 9.47 Å². The Labute approximate surface area is 92.1 Å². The number of aromatic nitrogens is 2. The van der Waals surface area contributed by atoms with Crippen LogP contribution in [0.25, 0.3) is 0 Å². The van der Waals surface area contributed by atoms with Crippen LogP contribution in [-0.4, -0.2) is 34.1 Å². The molecule has 3 heteroatoms. The van der Waals surface area contributed by atoms with Crippen molar-refractivity contribution in [1.82, 2.24) is 14.5 Å². The average Bonchev–Trinajstić information content (AvgIpc) is 2.67. The molecule has 4 heterocycles. The van der Waals surface area contributed by atoms with Gasteiger partial charge in [0.15, 0.2) is 0 Å². The number of hydrogen-bond donors (Lipinski definition) is 0. The van der Waals surface area contributed by atoms with Crippen LogP contribution in [0.5, 0.6) is 0 Å². The Morgan fingerprint density at radius 3 is 1.93 bits per heavy atom. The van der Waals surface area contributed by atoms with Crippen LogP contribution in [0.4, 0.5) is 0 Å². The predicted molar refractivity (Wildman–Crippen MR) is 61.7 cm³/mol. The van der Waals surface area contributed by atoms with E-state index >= 15 is 0 Å². The Balaban J connectivity index is 0.000000115. The molecule has 0 aromatic carbocycles. The summed E-state index contributed by atoms with van der Waals surface area (Å²) in [5, 5.41) is 0. The minimum Gasteiger partial charge on any atom is -0.338 e. The monoisotopic (exact) mass is 207 g/mol. The van der Waals surface area contributed by atoms with Crippen molar-refractivity contribution >= 4 is 0 Å². The molecule has 3 fully saturated rings. The van der Waals surface area contributed by atoms with Crippen LogP contribution >= 0.6 is 0 Å². The first-order valence-corrected chi connectivity index (χ1v) is 5.92. The molecular weight excluding hydrogens is 186 g/mol. The van der Waals surface area contributed by atoms with E-state index in [1.54, 1.807) is 6.20 Å². The van der Waals surface area contributed by atoms with Gasteiger partial charge in [0.25, 0.3) is 0 Å². The summed E-state index contributed by atoms with van der Waals surface area (Å²) in [6.45, 7) is 6.15. The second kappa shape index (κ2) is 4.79. The fourth-order valence-corrected chi connectivity index (χ4v) is 2.30. The van der Waals surface area contributed by atoms with Gasteiger partial charge in [-0.2, -0.15) is 0 Å². The van der Waals surface area contributed by atoms with Crippen LogP contribution in [0.15, 0.2) is 12.4 Å². The normalized spacial score (nSPS) is 28.4. The molecule has 1 aromatic heterocycles. The number of imidazole rings is 1. The zero-order chi connectivity index (χ0) is 10.7. The lowest BCUT2D eigenvalue weighted by atomic mass is 9.89. The quantitative estimate of drug-likeness (QED) is 0.647. The van der Waals surface area contributed by atoms with E-state index in [1.807, 2.05) is 24.7 Å². The van der Waals surface area contributed by atoms with Crippen LogP contribution in [-0.2, 0) is 7.05 Å². The summed E-state index contributed by atoms with van der Waals surface area (Å²) in [7, 11) is 1.97. The van der Waals surface area contributed by atoms with Gasteiger partial charge in [0, 0.05) is 19.4 Å². The molecule has 3 aliphatic rings. The Morgan fingerprint density at radius 1 is 1.20 bits per heavy atom. The first kappa shape index (κ1) is 10.7. The molecule has 0 unspecified atom stereocenters. The van der Waals surface area contributed by atoms with E-state index in [4.69, 9.17) is 0 Å². The number of rotatable bonds is 0. The minimum atomic E-state index is 1.06. The zero-order valence-electron chi connectivity index (χ0n) is 9.82. The lowest BCUT2D eigenvalue weighted by Crippen LogP contribution is -2.41. The van der Waals surface area contributed by atoms with E-state index in [9.17, 15) is 0 Å². The van der Waals surface area contributed by atoms with E-state index in [0.717, 1.165) is 11.7 Å². The van der Waals surface area contributed by atoms with Crippen molar-refractivity contribution in [2.24, 2.45) is 13.0 Å². The molecule has 0 radical (unpaired) electrons. The molecule has 3 nitrogen and oxygen atoms in total. The molecule has 3 saturated heterocycles. The standard InChI is InChI=1S/C7H13N.C5H8N2/c1-4-8-5-2-7(1)3-6-8;1-5-6-3-4-7(5)2/h7H,1-6H2;3-4H,1-2H3. The number of nitrogens with zero attached hydrogens (tertiary/aromatic N) is 3. The summed E-state index contributed by atoms with van der Waals surface area (Å²) in [6.07, 6.45) is 8.17. The number of piperidine rings is 3. The SMILES string of the molecule is C1CN2CCC1CC2.Cc1nccn1C. The Bertz CT molecular complexity index is 258. The average molecular weight is 207 g/mol. The molecule has 15 heavy (non-hydrogen) atoms. The van der Waals surface area contributed by atoms with Crippen molar-refractivity contribution in [1.29, 1.82) is 0 Å². The van der Waals surface area contributed by atoms with Crippen LogP contribution in [0.1, 0.15) is 25.1 Å². The van der Waals surface area contributed by atoms with Crippen molar-refractivity contribution in [3.63, 3.8) is 0 Å². The molecule has 1 aromatic rings. The largest absolute Gasteiger partial charge is 0.338 e. The summed E-state index contributed by atoms with van der Waals surface area (Å²) < 4.78 is 1.97. The number of aryl methyl sites for hydroxylation is 2. The molecule has 0 atom stereocenters. The van der Waals surface area contributed by atoms with Crippen LogP contribution in [0, 0.1) is 12.8 Å². The Hall–Kier alpha value is -0.830. The molecule has 0 saturated carbocycles. The van der Waals surface area contributed by atoms with Gasteiger partial charge in [0.1, 0.15) is 5.82 Å². The molecule has 4 rings (SSSR count). The fourth-order valence-electron chi connectivity index (χ4n) is 2.30. The highest BCUT2D eigenvalue weighted by Gasteiger charge is 2.24. The number of fused-ring (bicyclic) bond motifs is 3. The molecule has 0 aliphatic carbocycles. The van der Waals surface area contributed by atoms with E-state index in [0.29, 0.717) is 0 Å².